The van der Waals surface area contributed by atoms with Crippen molar-refractivity contribution < 1.29 is 19.4 Å². The Kier molecular flexibility index (Phi) is 6.08. The van der Waals surface area contributed by atoms with E-state index in [4.69, 9.17) is 17.0 Å². The van der Waals surface area contributed by atoms with Crippen LogP contribution in [0.4, 0.5) is 11.4 Å². The molecule has 0 aliphatic heterocycles. The summed E-state index contributed by atoms with van der Waals surface area (Å²) in [5.41, 5.74) is -1.51. The molecule has 124 valence electrons. The van der Waals surface area contributed by atoms with E-state index in [0.29, 0.717) is 13.1 Å². The van der Waals surface area contributed by atoms with Crippen LogP contribution in [0.2, 0.25) is 0 Å². The average molecular weight is 341 g/mol. The number of carbonyl (C=O) groups excluding carboxylic acids is 1. The molecule has 0 N–H and O–H groups in total. The van der Waals surface area contributed by atoms with Gasteiger partial charge in [-0.25, -0.2) is 0 Å². The molecule has 0 amide bonds. The summed E-state index contributed by atoms with van der Waals surface area (Å²) in [5.74, 6) is -1.11. The van der Waals surface area contributed by atoms with Crippen molar-refractivity contribution in [3.8, 4) is 5.75 Å². The Morgan fingerprint density at radius 3 is 1.91 bits per heavy atom. The highest BCUT2D eigenvalue weighted by Gasteiger charge is 2.31. The molecular weight excluding hydrogens is 326 g/mol. The quantitative estimate of drug-likeness (QED) is 0.335. The van der Waals surface area contributed by atoms with Crippen molar-refractivity contribution >= 4 is 34.6 Å². The van der Waals surface area contributed by atoms with Crippen LogP contribution in [0.25, 0.3) is 0 Å². The van der Waals surface area contributed by atoms with Crippen molar-refractivity contribution in [1.82, 2.24) is 4.90 Å². The molecule has 0 atom stereocenters. The van der Waals surface area contributed by atoms with Crippen molar-refractivity contribution in [2.75, 3.05) is 13.1 Å². The lowest BCUT2D eigenvalue weighted by molar-refractivity contribution is -0.395. The molecule has 1 rings (SSSR count). The number of nitro benzene ring substituents is 2. The van der Waals surface area contributed by atoms with Gasteiger partial charge < -0.3 is 9.64 Å². The second-order valence-corrected chi connectivity index (χ2v) is 4.80. The fourth-order valence-electron chi connectivity index (χ4n) is 1.81. The van der Waals surface area contributed by atoms with E-state index in [-0.39, 0.29) is 10.7 Å². The van der Waals surface area contributed by atoms with E-state index in [0.717, 1.165) is 19.1 Å². The first-order valence-electron chi connectivity index (χ1n) is 6.67. The van der Waals surface area contributed by atoms with Crippen LogP contribution in [0.5, 0.6) is 5.75 Å². The molecule has 1 aromatic carbocycles. The number of ether oxygens (including phenoxy) is 1. The van der Waals surface area contributed by atoms with Gasteiger partial charge in [0.2, 0.25) is 0 Å². The Morgan fingerprint density at radius 1 is 1.17 bits per heavy atom. The number of rotatable bonds is 6. The number of nitrogens with zero attached hydrogens (tertiary/aromatic N) is 3. The normalized spacial score (nSPS) is 10.0. The molecule has 0 aliphatic carbocycles. The van der Waals surface area contributed by atoms with E-state index < -0.39 is 32.8 Å². The van der Waals surface area contributed by atoms with Crippen LogP contribution in [0.3, 0.4) is 0 Å². The molecule has 0 unspecified atom stereocenters. The van der Waals surface area contributed by atoms with E-state index in [2.05, 4.69) is 0 Å². The Labute approximate surface area is 137 Å². The van der Waals surface area contributed by atoms with Gasteiger partial charge in [0, 0.05) is 30.8 Å². The minimum atomic E-state index is -0.848. The van der Waals surface area contributed by atoms with Crippen LogP contribution in [0.15, 0.2) is 12.1 Å². The molecule has 0 bridgehead atoms. The first-order valence-corrected chi connectivity index (χ1v) is 7.08. The largest absolute Gasteiger partial charge is 0.417 e. The minimum absolute atomic E-state index is 0.114. The monoisotopic (exact) mass is 341 g/mol. The van der Waals surface area contributed by atoms with E-state index in [1.165, 1.54) is 0 Å². The number of benzene rings is 1. The third-order valence-corrected chi connectivity index (χ3v) is 3.40. The highest BCUT2D eigenvalue weighted by Crippen LogP contribution is 2.38. The SMILES string of the molecule is CCN(CC)C(=S)Oc1c([N+](=O)[O-])cc(C(C)=O)cc1[N+](=O)[O-]. The molecule has 23 heavy (non-hydrogen) atoms. The summed E-state index contributed by atoms with van der Waals surface area (Å²) in [5, 5.41) is 22.3. The zero-order chi connectivity index (χ0) is 17.7. The van der Waals surface area contributed by atoms with Gasteiger partial charge in [-0.2, -0.15) is 0 Å². The smallest absolute Gasteiger partial charge is 0.319 e. The number of hydrogen-bond donors (Lipinski definition) is 0. The van der Waals surface area contributed by atoms with E-state index >= 15 is 0 Å². The molecule has 0 aromatic heterocycles. The highest BCUT2D eigenvalue weighted by atomic mass is 32.1. The lowest BCUT2D eigenvalue weighted by Gasteiger charge is -2.20. The molecule has 0 aliphatic rings. The highest BCUT2D eigenvalue weighted by molar-refractivity contribution is 7.80. The summed E-state index contributed by atoms with van der Waals surface area (Å²) in [6.45, 7) is 5.69. The Bertz CT molecular complexity index is 637. The second-order valence-electron chi connectivity index (χ2n) is 4.45. The number of thiocarbonyl (C=S) groups is 1. The lowest BCUT2D eigenvalue weighted by Crippen LogP contribution is -2.33. The maximum absolute atomic E-state index is 11.4. The van der Waals surface area contributed by atoms with Gasteiger partial charge in [-0.05, 0) is 33.0 Å². The number of hydrogen-bond acceptors (Lipinski definition) is 7. The number of carbonyl (C=O) groups is 1. The van der Waals surface area contributed by atoms with Gasteiger partial charge in [0.1, 0.15) is 0 Å². The van der Waals surface area contributed by atoms with Crippen molar-refractivity contribution in [2.45, 2.75) is 20.8 Å². The second kappa shape index (κ2) is 7.58. The number of Topliss-reactive ketones (excluding diaryl/α,β-unsaturated/α-hetero) is 1. The lowest BCUT2D eigenvalue weighted by atomic mass is 10.1. The van der Waals surface area contributed by atoms with Crippen LogP contribution < -0.4 is 4.74 Å². The zero-order valence-corrected chi connectivity index (χ0v) is 13.6. The third-order valence-electron chi connectivity index (χ3n) is 3.06. The molecule has 10 heteroatoms. The standard InChI is InChI=1S/C13H15N3O6S/c1-4-14(5-2)13(23)22-12-10(15(18)19)6-9(8(3)17)7-11(12)16(20)21/h6-7H,4-5H2,1-3H3. The summed E-state index contributed by atoms with van der Waals surface area (Å²) in [7, 11) is 0. The Morgan fingerprint density at radius 2 is 1.61 bits per heavy atom. The molecule has 9 nitrogen and oxygen atoms in total. The minimum Gasteiger partial charge on any atom is -0.417 e. The first-order chi connectivity index (χ1) is 10.7. The first kappa shape index (κ1) is 18.4. The summed E-state index contributed by atoms with van der Waals surface area (Å²) in [6.07, 6.45) is 0. The van der Waals surface area contributed by atoms with Crippen LogP contribution in [-0.4, -0.2) is 38.8 Å². The van der Waals surface area contributed by atoms with Crippen molar-refractivity contribution in [3.05, 3.63) is 37.9 Å². The van der Waals surface area contributed by atoms with E-state index in [1.807, 2.05) is 0 Å². The molecule has 0 radical (unpaired) electrons. The predicted molar refractivity (Wildman–Crippen MR) is 85.9 cm³/mol. The zero-order valence-electron chi connectivity index (χ0n) is 12.8. The summed E-state index contributed by atoms with van der Waals surface area (Å²) in [6, 6.07) is 1.88. The van der Waals surface area contributed by atoms with Gasteiger partial charge in [0.15, 0.2) is 5.78 Å². The molecule has 0 saturated heterocycles. The molecular formula is C13H15N3O6S. The maximum atomic E-state index is 11.4. The molecule has 1 aromatic rings. The van der Waals surface area contributed by atoms with Crippen LogP contribution in [-0.2, 0) is 0 Å². The van der Waals surface area contributed by atoms with E-state index in [9.17, 15) is 25.0 Å². The van der Waals surface area contributed by atoms with Gasteiger partial charge >= 0.3 is 11.4 Å². The summed E-state index contributed by atoms with van der Waals surface area (Å²) in [4.78, 5) is 33.7. The average Bonchev–Trinajstić information content (AvgIpc) is 2.47. The number of nitro groups is 2. The fourth-order valence-corrected chi connectivity index (χ4v) is 2.15. The predicted octanol–water partition coefficient (Wildman–Crippen LogP) is 2.71. The van der Waals surface area contributed by atoms with Crippen molar-refractivity contribution in [3.63, 3.8) is 0 Å². The summed E-state index contributed by atoms with van der Waals surface area (Å²) < 4.78 is 5.24. The maximum Gasteiger partial charge on any atom is 0.319 e. The fraction of sp³-hybridized carbons (Fsp3) is 0.385. The third kappa shape index (κ3) is 4.19. The van der Waals surface area contributed by atoms with Crippen LogP contribution >= 0.6 is 12.2 Å². The topological polar surface area (TPSA) is 116 Å². The molecule has 0 saturated carbocycles. The van der Waals surface area contributed by atoms with Gasteiger partial charge in [0.25, 0.3) is 10.9 Å². The van der Waals surface area contributed by atoms with Crippen LogP contribution in [0, 0.1) is 20.2 Å². The van der Waals surface area contributed by atoms with E-state index in [1.54, 1.807) is 18.7 Å². The summed E-state index contributed by atoms with van der Waals surface area (Å²) >= 11 is 5.02. The van der Waals surface area contributed by atoms with Gasteiger partial charge in [0.05, 0.1) is 9.85 Å². The van der Waals surface area contributed by atoms with Gasteiger partial charge in [-0.3, -0.25) is 25.0 Å². The van der Waals surface area contributed by atoms with Crippen molar-refractivity contribution in [2.24, 2.45) is 0 Å². The number of ketones is 1. The Balaban J connectivity index is 3.49. The van der Waals surface area contributed by atoms with Crippen molar-refractivity contribution in [1.29, 1.82) is 0 Å². The van der Waals surface area contributed by atoms with Gasteiger partial charge in [-0.15, -0.1) is 0 Å². The molecule has 0 heterocycles. The molecule has 0 spiro atoms. The van der Waals surface area contributed by atoms with Crippen LogP contribution in [0.1, 0.15) is 31.1 Å². The Hall–Kier alpha value is -2.62. The molecule has 0 fully saturated rings. The van der Waals surface area contributed by atoms with Gasteiger partial charge in [-0.1, -0.05) is 0 Å².